The van der Waals surface area contributed by atoms with Crippen molar-refractivity contribution in [2.24, 2.45) is 0 Å². The van der Waals surface area contributed by atoms with Crippen LogP contribution in [-0.2, 0) is 31.0 Å². The first-order chi connectivity index (χ1) is 9.31. The van der Waals surface area contributed by atoms with E-state index in [1.54, 1.807) is 7.11 Å². The third-order valence-corrected chi connectivity index (χ3v) is 4.35. The summed E-state index contributed by atoms with van der Waals surface area (Å²) in [7, 11) is 1.64. The van der Waals surface area contributed by atoms with Crippen molar-refractivity contribution in [3.63, 3.8) is 0 Å². The highest BCUT2D eigenvalue weighted by Gasteiger charge is 2.21. The van der Waals surface area contributed by atoms with Gasteiger partial charge < -0.3 is 19.3 Å². The molecule has 19 heavy (non-hydrogen) atoms. The summed E-state index contributed by atoms with van der Waals surface area (Å²) < 4.78 is 7.27. The Hall–Kier alpha value is -1.44. The molecular weight excluding hydrogens is 264 g/mol. The van der Waals surface area contributed by atoms with Crippen LogP contribution in [0.3, 0.4) is 0 Å². The predicted molar refractivity (Wildman–Crippen MR) is 72.0 cm³/mol. The largest absolute Gasteiger partial charge is 0.391 e. The van der Waals surface area contributed by atoms with Crippen LogP contribution in [0.15, 0.2) is 12.4 Å². The van der Waals surface area contributed by atoms with E-state index in [4.69, 9.17) is 4.74 Å². The lowest BCUT2D eigenvalue weighted by atomic mass is 10.4. The maximum Gasteiger partial charge on any atom is 0.186 e. The molecule has 3 rings (SSSR count). The molecule has 102 valence electrons. The average molecular weight is 280 g/mol. The number of nitrogens with zero attached hydrogens (tertiary/aromatic N) is 4. The Kier molecular flexibility index (Phi) is 3.50. The molecule has 6 nitrogen and oxygen atoms in total. The molecule has 0 saturated carbocycles. The first-order valence-electron chi connectivity index (χ1n) is 6.15. The van der Waals surface area contributed by atoms with Crippen LogP contribution < -0.4 is 4.90 Å². The minimum absolute atomic E-state index is 0.0127. The van der Waals surface area contributed by atoms with Gasteiger partial charge in [0.05, 0.1) is 30.3 Å². The van der Waals surface area contributed by atoms with E-state index in [1.807, 2.05) is 12.4 Å². The van der Waals surface area contributed by atoms with Gasteiger partial charge in [0.2, 0.25) is 0 Å². The molecule has 0 bridgehead atoms. The summed E-state index contributed by atoms with van der Waals surface area (Å²) in [6.07, 6.45) is 3.83. The van der Waals surface area contributed by atoms with Gasteiger partial charge in [-0.1, -0.05) is 11.3 Å². The highest BCUT2D eigenvalue weighted by molar-refractivity contribution is 7.15. The highest BCUT2D eigenvalue weighted by Crippen LogP contribution is 2.29. The second kappa shape index (κ2) is 5.28. The molecule has 0 saturated heterocycles. The molecule has 0 unspecified atom stereocenters. The number of imidazole rings is 1. The molecule has 2 aromatic heterocycles. The number of thiazole rings is 1. The van der Waals surface area contributed by atoms with Crippen molar-refractivity contribution in [3.8, 4) is 0 Å². The number of anilines is 1. The number of rotatable bonds is 4. The minimum Gasteiger partial charge on any atom is -0.391 e. The van der Waals surface area contributed by atoms with E-state index in [0.29, 0.717) is 6.61 Å². The molecule has 1 aliphatic rings. The van der Waals surface area contributed by atoms with Crippen LogP contribution in [0.25, 0.3) is 0 Å². The van der Waals surface area contributed by atoms with Crippen molar-refractivity contribution in [2.45, 2.75) is 26.3 Å². The Morgan fingerprint density at radius 3 is 3.16 bits per heavy atom. The summed E-state index contributed by atoms with van der Waals surface area (Å²) >= 11 is 1.53. The molecule has 0 aliphatic carbocycles. The standard InChI is InChI=1S/C12H16N4O2S/c1-18-8-9-10(7-17)19-12(14-9)16-5-4-15-3-2-13-11(15)6-16/h2-3,17H,4-8H2,1H3. The quantitative estimate of drug-likeness (QED) is 0.905. The van der Waals surface area contributed by atoms with Crippen molar-refractivity contribution in [1.82, 2.24) is 14.5 Å². The lowest BCUT2D eigenvalue weighted by Gasteiger charge is -2.27. The molecule has 0 fully saturated rings. The van der Waals surface area contributed by atoms with Crippen LogP contribution in [-0.4, -0.2) is 33.3 Å². The van der Waals surface area contributed by atoms with Gasteiger partial charge in [-0.05, 0) is 0 Å². The van der Waals surface area contributed by atoms with Gasteiger partial charge in [0.25, 0.3) is 0 Å². The smallest absolute Gasteiger partial charge is 0.186 e. The number of hydrogen-bond acceptors (Lipinski definition) is 6. The maximum atomic E-state index is 9.36. The van der Waals surface area contributed by atoms with E-state index < -0.39 is 0 Å². The van der Waals surface area contributed by atoms with Gasteiger partial charge in [-0.25, -0.2) is 9.97 Å². The molecule has 0 spiro atoms. The Balaban J connectivity index is 1.83. The van der Waals surface area contributed by atoms with Crippen molar-refractivity contribution in [2.75, 3.05) is 18.6 Å². The number of hydrogen-bond donors (Lipinski definition) is 1. The number of fused-ring (bicyclic) bond motifs is 1. The molecule has 1 aliphatic heterocycles. The van der Waals surface area contributed by atoms with Crippen molar-refractivity contribution in [1.29, 1.82) is 0 Å². The first kappa shape index (κ1) is 12.6. The second-order valence-electron chi connectivity index (χ2n) is 4.42. The maximum absolute atomic E-state index is 9.36. The molecule has 0 aromatic carbocycles. The van der Waals surface area contributed by atoms with E-state index in [2.05, 4.69) is 19.4 Å². The molecule has 3 heterocycles. The first-order valence-corrected chi connectivity index (χ1v) is 6.97. The van der Waals surface area contributed by atoms with Gasteiger partial charge in [0.15, 0.2) is 5.13 Å². The Morgan fingerprint density at radius 2 is 2.37 bits per heavy atom. The third-order valence-electron chi connectivity index (χ3n) is 3.21. The monoisotopic (exact) mass is 280 g/mol. The zero-order chi connectivity index (χ0) is 13.2. The van der Waals surface area contributed by atoms with E-state index in [1.165, 1.54) is 11.3 Å². The van der Waals surface area contributed by atoms with E-state index in [9.17, 15) is 5.11 Å². The van der Waals surface area contributed by atoms with Gasteiger partial charge in [-0.3, -0.25) is 0 Å². The van der Waals surface area contributed by atoms with Gasteiger partial charge in [0, 0.05) is 32.6 Å². The van der Waals surface area contributed by atoms with Crippen molar-refractivity contribution >= 4 is 16.5 Å². The number of aliphatic hydroxyl groups is 1. The molecule has 7 heteroatoms. The Labute approximate surface area is 115 Å². The fraction of sp³-hybridized carbons (Fsp3) is 0.500. The second-order valence-corrected chi connectivity index (χ2v) is 5.48. The zero-order valence-electron chi connectivity index (χ0n) is 10.7. The van der Waals surface area contributed by atoms with Crippen LogP contribution in [0.1, 0.15) is 16.4 Å². The Bertz CT molecular complexity index is 566. The lowest BCUT2D eigenvalue weighted by molar-refractivity contribution is 0.179. The molecule has 2 aromatic rings. The van der Waals surface area contributed by atoms with Gasteiger partial charge in [-0.2, -0.15) is 0 Å². The predicted octanol–water partition coefficient (Wildman–Crippen LogP) is 0.998. The normalized spacial score (nSPS) is 14.7. The minimum atomic E-state index is 0.0127. The fourth-order valence-electron chi connectivity index (χ4n) is 2.21. The van der Waals surface area contributed by atoms with Crippen LogP contribution in [0.2, 0.25) is 0 Å². The SMILES string of the molecule is COCc1nc(N2CCn3ccnc3C2)sc1CO. The van der Waals surface area contributed by atoms with E-state index >= 15 is 0 Å². The Morgan fingerprint density at radius 1 is 1.47 bits per heavy atom. The fourth-order valence-corrected chi connectivity index (χ4v) is 3.16. The van der Waals surface area contributed by atoms with Crippen LogP contribution >= 0.6 is 11.3 Å². The lowest BCUT2D eigenvalue weighted by Crippen LogP contribution is -2.33. The van der Waals surface area contributed by atoms with E-state index in [-0.39, 0.29) is 6.61 Å². The van der Waals surface area contributed by atoms with Gasteiger partial charge >= 0.3 is 0 Å². The number of aromatic nitrogens is 3. The summed E-state index contributed by atoms with van der Waals surface area (Å²) in [6.45, 7) is 3.04. The van der Waals surface area contributed by atoms with Gasteiger partial charge in [-0.15, -0.1) is 0 Å². The average Bonchev–Trinajstić information content (AvgIpc) is 3.04. The summed E-state index contributed by atoms with van der Waals surface area (Å²) in [5.41, 5.74) is 0.832. The van der Waals surface area contributed by atoms with Gasteiger partial charge in [0.1, 0.15) is 5.82 Å². The number of ether oxygens (including phenoxy) is 1. The molecule has 0 radical (unpaired) electrons. The summed E-state index contributed by atoms with van der Waals surface area (Å²) in [6, 6.07) is 0. The van der Waals surface area contributed by atoms with Crippen LogP contribution in [0.4, 0.5) is 5.13 Å². The summed E-state index contributed by atoms with van der Waals surface area (Å²) in [5, 5.41) is 10.3. The van der Waals surface area contributed by atoms with Crippen molar-refractivity contribution in [3.05, 3.63) is 28.8 Å². The van der Waals surface area contributed by atoms with Crippen LogP contribution in [0, 0.1) is 0 Å². The molecule has 1 N–H and O–H groups in total. The zero-order valence-corrected chi connectivity index (χ0v) is 11.6. The van der Waals surface area contributed by atoms with Crippen molar-refractivity contribution < 1.29 is 9.84 Å². The van der Waals surface area contributed by atoms with E-state index in [0.717, 1.165) is 41.2 Å². The summed E-state index contributed by atoms with van der Waals surface area (Å²) in [4.78, 5) is 12.0. The molecule has 0 atom stereocenters. The third kappa shape index (κ3) is 2.36. The highest BCUT2D eigenvalue weighted by atomic mass is 32.1. The number of methoxy groups -OCH3 is 1. The number of aliphatic hydroxyl groups excluding tert-OH is 1. The summed E-state index contributed by atoms with van der Waals surface area (Å²) in [5.74, 6) is 1.06. The molecule has 0 amide bonds. The topological polar surface area (TPSA) is 63.4 Å². The molecular formula is C12H16N4O2S. The van der Waals surface area contributed by atoms with Crippen LogP contribution in [0.5, 0.6) is 0 Å².